The van der Waals surface area contributed by atoms with E-state index in [0.29, 0.717) is 12.0 Å². The van der Waals surface area contributed by atoms with E-state index in [4.69, 9.17) is 11.6 Å². The van der Waals surface area contributed by atoms with E-state index in [9.17, 15) is 0 Å². The lowest BCUT2D eigenvalue weighted by molar-refractivity contribution is 0.422. The molecule has 1 N–H and O–H groups in total. The predicted molar refractivity (Wildman–Crippen MR) is 62.7 cm³/mol. The fourth-order valence-electron chi connectivity index (χ4n) is 1.63. The van der Waals surface area contributed by atoms with Crippen LogP contribution in [0.3, 0.4) is 0 Å². The average Bonchev–Trinajstić information content (AvgIpc) is 2.15. The van der Waals surface area contributed by atoms with Gasteiger partial charge in [-0.15, -0.1) is 0 Å². The molecule has 1 atom stereocenters. The number of hydrogen-bond donors (Lipinski definition) is 1. The molecule has 0 aliphatic rings. The first-order chi connectivity index (χ1) is 6.65. The second-order valence-electron chi connectivity index (χ2n) is 3.83. The van der Waals surface area contributed by atoms with Crippen LogP contribution in [0.25, 0.3) is 0 Å². The van der Waals surface area contributed by atoms with E-state index in [0.717, 1.165) is 11.6 Å². The summed E-state index contributed by atoms with van der Waals surface area (Å²) in [6.07, 6.45) is 0. The third-order valence-corrected chi connectivity index (χ3v) is 2.57. The lowest BCUT2D eigenvalue weighted by Gasteiger charge is -2.22. The molecule has 1 aromatic rings. The summed E-state index contributed by atoms with van der Waals surface area (Å²) in [5.74, 6) is 0.594. The fraction of sp³-hybridized carbons (Fsp3) is 0.500. The molecule has 0 radical (unpaired) electrons. The van der Waals surface area contributed by atoms with E-state index in [1.165, 1.54) is 5.56 Å². The van der Waals surface area contributed by atoms with Crippen molar-refractivity contribution in [1.29, 1.82) is 0 Å². The maximum Gasteiger partial charge on any atom is 0.0406 e. The summed E-state index contributed by atoms with van der Waals surface area (Å²) in [4.78, 5) is 0. The highest BCUT2D eigenvalue weighted by atomic mass is 35.5. The Morgan fingerprint density at radius 1 is 1.21 bits per heavy atom. The van der Waals surface area contributed by atoms with E-state index in [2.05, 4.69) is 38.2 Å². The van der Waals surface area contributed by atoms with Crippen LogP contribution in [0.2, 0.25) is 5.02 Å². The second-order valence-corrected chi connectivity index (χ2v) is 4.27. The number of halogens is 1. The minimum absolute atomic E-state index is 0.428. The average molecular weight is 212 g/mol. The number of nitrogens with one attached hydrogen (secondary N) is 1. The van der Waals surface area contributed by atoms with Crippen molar-refractivity contribution in [2.24, 2.45) is 5.92 Å². The van der Waals surface area contributed by atoms with Crippen molar-refractivity contribution in [3.8, 4) is 0 Å². The van der Waals surface area contributed by atoms with Crippen LogP contribution in [0, 0.1) is 5.92 Å². The molecule has 1 unspecified atom stereocenters. The first-order valence-corrected chi connectivity index (χ1v) is 5.51. The largest absolute Gasteiger partial charge is 0.310 e. The van der Waals surface area contributed by atoms with E-state index in [-0.39, 0.29) is 0 Å². The Kier molecular flexibility index (Phi) is 4.43. The lowest BCUT2D eigenvalue weighted by atomic mass is 9.96. The maximum atomic E-state index is 5.85. The third kappa shape index (κ3) is 3.00. The molecule has 0 aliphatic heterocycles. The van der Waals surface area contributed by atoms with Gasteiger partial charge in [0.1, 0.15) is 0 Å². The molecule has 1 nitrogen and oxygen atoms in total. The molecule has 78 valence electrons. The molecule has 14 heavy (non-hydrogen) atoms. The monoisotopic (exact) mass is 211 g/mol. The third-order valence-electron chi connectivity index (χ3n) is 2.32. The molecule has 1 rings (SSSR count). The molecule has 0 saturated carbocycles. The first-order valence-electron chi connectivity index (χ1n) is 5.14. The molecular formula is C12H18ClN. The lowest BCUT2D eigenvalue weighted by Crippen LogP contribution is -2.25. The van der Waals surface area contributed by atoms with Crippen molar-refractivity contribution in [3.63, 3.8) is 0 Å². The zero-order valence-electron chi connectivity index (χ0n) is 9.05. The molecule has 0 saturated heterocycles. The summed E-state index contributed by atoms with van der Waals surface area (Å²) in [5.41, 5.74) is 1.31. The van der Waals surface area contributed by atoms with Crippen molar-refractivity contribution >= 4 is 11.6 Å². The van der Waals surface area contributed by atoms with E-state index < -0.39 is 0 Å². The van der Waals surface area contributed by atoms with Crippen molar-refractivity contribution in [3.05, 3.63) is 34.9 Å². The highest BCUT2D eigenvalue weighted by Gasteiger charge is 2.13. The van der Waals surface area contributed by atoms with Gasteiger partial charge >= 0.3 is 0 Å². The van der Waals surface area contributed by atoms with Crippen LogP contribution in [-0.2, 0) is 0 Å². The molecule has 0 amide bonds. The number of hydrogen-bond acceptors (Lipinski definition) is 1. The number of benzene rings is 1. The van der Waals surface area contributed by atoms with Gasteiger partial charge in [-0.1, -0.05) is 44.5 Å². The molecular weight excluding hydrogens is 194 g/mol. The van der Waals surface area contributed by atoms with Gasteiger partial charge in [0, 0.05) is 11.1 Å². The smallest absolute Gasteiger partial charge is 0.0406 e. The van der Waals surface area contributed by atoms with Crippen molar-refractivity contribution in [2.45, 2.75) is 26.8 Å². The predicted octanol–water partition coefficient (Wildman–Crippen LogP) is 3.65. The Morgan fingerprint density at radius 2 is 1.79 bits per heavy atom. The van der Waals surface area contributed by atoms with Crippen LogP contribution in [-0.4, -0.2) is 6.54 Å². The zero-order chi connectivity index (χ0) is 10.6. The molecule has 0 heterocycles. The van der Waals surface area contributed by atoms with Crippen molar-refractivity contribution in [2.75, 3.05) is 6.54 Å². The standard InChI is InChI=1S/C12H18ClN/c1-4-14-12(9(2)3)10-5-7-11(13)8-6-10/h5-9,12,14H,4H2,1-3H3. The normalized spacial score (nSPS) is 13.2. The topological polar surface area (TPSA) is 12.0 Å². The Hall–Kier alpha value is -0.530. The van der Waals surface area contributed by atoms with Crippen molar-refractivity contribution < 1.29 is 0 Å². The van der Waals surface area contributed by atoms with Crippen LogP contribution in [0.5, 0.6) is 0 Å². The van der Waals surface area contributed by atoms with Gasteiger partial charge in [0.05, 0.1) is 0 Å². The summed E-state index contributed by atoms with van der Waals surface area (Å²) < 4.78 is 0. The zero-order valence-corrected chi connectivity index (χ0v) is 9.81. The van der Waals surface area contributed by atoms with Gasteiger partial charge in [0.15, 0.2) is 0 Å². The SMILES string of the molecule is CCNC(c1ccc(Cl)cc1)C(C)C. The van der Waals surface area contributed by atoms with Crippen LogP contribution in [0.1, 0.15) is 32.4 Å². The maximum absolute atomic E-state index is 5.85. The van der Waals surface area contributed by atoms with Crippen molar-refractivity contribution in [1.82, 2.24) is 5.32 Å². The number of rotatable bonds is 4. The van der Waals surface area contributed by atoms with Crippen LogP contribution in [0.15, 0.2) is 24.3 Å². The van der Waals surface area contributed by atoms with Gasteiger partial charge in [-0.25, -0.2) is 0 Å². The fourth-order valence-corrected chi connectivity index (χ4v) is 1.75. The first kappa shape index (κ1) is 11.5. The van der Waals surface area contributed by atoms with Gasteiger partial charge in [-0.2, -0.15) is 0 Å². The molecule has 0 aliphatic carbocycles. The summed E-state index contributed by atoms with van der Waals surface area (Å²) in [5, 5.41) is 4.27. The minimum Gasteiger partial charge on any atom is -0.310 e. The van der Waals surface area contributed by atoms with Gasteiger partial charge in [-0.3, -0.25) is 0 Å². The van der Waals surface area contributed by atoms with Gasteiger partial charge in [0.25, 0.3) is 0 Å². The molecule has 0 spiro atoms. The van der Waals surface area contributed by atoms with Gasteiger partial charge in [0.2, 0.25) is 0 Å². The van der Waals surface area contributed by atoms with Gasteiger partial charge < -0.3 is 5.32 Å². The summed E-state index contributed by atoms with van der Waals surface area (Å²) in [7, 11) is 0. The Bertz CT molecular complexity index is 266. The highest BCUT2D eigenvalue weighted by molar-refractivity contribution is 6.30. The molecule has 2 heteroatoms. The van der Waals surface area contributed by atoms with E-state index in [1.54, 1.807) is 0 Å². The summed E-state index contributed by atoms with van der Waals surface area (Å²) in [6.45, 7) is 7.57. The minimum atomic E-state index is 0.428. The van der Waals surface area contributed by atoms with E-state index in [1.807, 2.05) is 12.1 Å². The molecule has 0 fully saturated rings. The van der Waals surface area contributed by atoms with Crippen LogP contribution < -0.4 is 5.32 Å². The Morgan fingerprint density at radius 3 is 2.21 bits per heavy atom. The van der Waals surface area contributed by atoms with Gasteiger partial charge in [-0.05, 0) is 30.2 Å². The van der Waals surface area contributed by atoms with Crippen LogP contribution >= 0.6 is 11.6 Å². The second kappa shape index (κ2) is 5.38. The molecule has 1 aromatic carbocycles. The molecule has 0 bridgehead atoms. The highest BCUT2D eigenvalue weighted by Crippen LogP contribution is 2.22. The quantitative estimate of drug-likeness (QED) is 0.802. The Labute approximate surface area is 91.5 Å². The summed E-state index contributed by atoms with van der Waals surface area (Å²) >= 11 is 5.85. The molecule has 0 aromatic heterocycles. The van der Waals surface area contributed by atoms with E-state index >= 15 is 0 Å². The Balaban J connectivity index is 2.82. The summed E-state index contributed by atoms with van der Waals surface area (Å²) in [6, 6.07) is 8.51. The van der Waals surface area contributed by atoms with Crippen LogP contribution in [0.4, 0.5) is 0 Å².